The Morgan fingerprint density at radius 3 is 2.82 bits per heavy atom. The lowest BCUT2D eigenvalue weighted by molar-refractivity contribution is 0.427. The van der Waals surface area contributed by atoms with Gasteiger partial charge in [0.25, 0.3) is 0 Å². The van der Waals surface area contributed by atoms with Crippen molar-refractivity contribution in [3.8, 4) is 5.75 Å². The van der Waals surface area contributed by atoms with Gasteiger partial charge in [-0.3, -0.25) is 0 Å². The van der Waals surface area contributed by atoms with Crippen LogP contribution in [-0.4, -0.2) is 10.2 Å². The smallest absolute Gasteiger partial charge is 0.116 e. The van der Waals surface area contributed by atoms with Crippen molar-refractivity contribution in [1.29, 1.82) is 0 Å². The molecule has 1 aromatic rings. The van der Waals surface area contributed by atoms with Crippen molar-refractivity contribution in [2.75, 3.05) is 0 Å². The van der Waals surface area contributed by atoms with E-state index < -0.39 is 0 Å². The van der Waals surface area contributed by atoms with E-state index in [2.05, 4.69) is 0 Å². The Balaban J connectivity index is 2.36. The van der Waals surface area contributed by atoms with Crippen LogP contribution in [0.25, 0.3) is 11.6 Å². The van der Waals surface area contributed by atoms with E-state index >= 15 is 0 Å². The zero-order valence-electron chi connectivity index (χ0n) is 9.17. The fourth-order valence-electron chi connectivity index (χ4n) is 2.27. The number of benzene rings is 1. The summed E-state index contributed by atoms with van der Waals surface area (Å²) in [6.45, 7) is 0. The molecule has 1 unspecified atom stereocenters. The second kappa shape index (κ2) is 3.67. The summed E-state index contributed by atoms with van der Waals surface area (Å²) in [5.74, 6) is 0.665. The van der Waals surface area contributed by atoms with Crippen LogP contribution in [0, 0.1) is 5.92 Å². The van der Waals surface area contributed by atoms with E-state index in [1.165, 1.54) is 0 Å². The highest BCUT2D eigenvalue weighted by Crippen LogP contribution is 2.23. The summed E-state index contributed by atoms with van der Waals surface area (Å²) in [6, 6.07) is 5.35. The third-order valence-electron chi connectivity index (χ3n) is 3.08. The molecule has 2 N–H and O–H groups in total. The number of allylic oxidation sites excluding steroid dienone is 5. The number of hydrogen-bond donors (Lipinski definition) is 2. The summed E-state index contributed by atoms with van der Waals surface area (Å²) in [7, 11) is 0. The van der Waals surface area contributed by atoms with E-state index in [0.717, 1.165) is 16.0 Å². The van der Waals surface area contributed by atoms with Gasteiger partial charge < -0.3 is 10.2 Å². The topological polar surface area (TPSA) is 40.5 Å². The van der Waals surface area contributed by atoms with Gasteiger partial charge in [-0.1, -0.05) is 30.4 Å². The normalized spacial score (nSPS) is 21.1. The van der Waals surface area contributed by atoms with Gasteiger partial charge >= 0.3 is 0 Å². The van der Waals surface area contributed by atoms with Gasteiger partial charge in [0.2, 0.25) is 0 Å². The predicted molar refractivity (Wildman–Crippen MR) is 67.7 cm³/mol. The molecule has 0 heterocycles. The molecule has 17 heavy (non-hydrogen) atoms. The monoisotopic (exact) mass is 224 g/mol. The lowest BCUT2D eigenvalue weighted by atomic mass is 9.92. The summed E-state index contributed by atoms with van der Waals surface area (Å²) in [6.07, 6.45) is 11.4. The minimum absolute atomic E-state index is 0.0991. The van der Waals surface area contributed by atoms with Crippen molar-refractivity contribution >= 4 is 11.6 Å². The molecule has 0 amide bonds. The maximum Gasteiger partial charge on any atom is 0.116 e. The molecule has 1 atom stereocenters. The third-order valence-corrected chi connectivity index (χ3v) is 3.08. The second-order valence-corrected chi connectivity index (χ2v) is 4.23. The molecule has 2 aliphatic rings. The lowest BCUT2D eigenvalue weighted by Gasteiger charge is -2.13. The average Bonchev–Trinajstić information content (AvgIpc) is 2.47. The molecule has 2 nitrogen and oxygen atoms in total. The summed E-state index contributed by atoms with van der Waals surface area (Å²) < 4.78 is 0. The highest BCUT2D eigenvalue weighted by molar-refractivity contribution is 5.68. The highest BCUT2D eigenvalue weighted by atomic mass is 16.3. The molecule has 2 aliphatic carbocycles. The fraction of sp³-hybridized carbons (Fsp3) is 0.0667. The largest absolute Gasteiger partial charge is 0.508 e. The van der Waals surface area contributed by atoms with Crippen LogP contribution in [0.1, 0.15) is 0 Å². The first kappa shape index (κ1) is 9.97. The molecule has 1 aromatic carbocycles. The zero-order valence-corrected chi connectivity index (χ0v) is 9.17. The number of aromatic hydroxyl groups is 1. The molecule has 2 heteroatoms. The zero-order chi connectivity index (χ0) is 11.8. The Labute approximate surface area is 98.8 Å². The van der Waals surface area contributed by atoms with E-state index in [9.17, 15) is 10.2 Å². The molecular weight excluding hydrogens is 212 g/mol. The number of rotatable bonds is 0. The number of aliphatic hydroxyl groups is 1. The Morgan fingerprint density at radius 1 is 1.06 bits per heavy atom. The Hall–Kier alpha value is -2.22. The molecule has 0 saturated carbocycles. The summed E-state index contributed by atoms with van der Waals surface area (Å²) in [4.78, 5) is 0. The van der Waals surface area contributed by atoms with Crippen LogP contribution in [0.2, 0.25) is 0 Å². The first-order chi connectivity index (χ1) is 8.24. The highest BCUT2D eigenvalue weighted by Gasteiger charge is 2.13. The molecule has 0 bridgehead atoms. The number of fused-ring (bicyclic) bond motifs is 2. The average molecular weight is 224 g/mol. The van der Waals surface area contributed by atoms with Gasteiger partial charge in [0.05, 0.1) is 0 Å². The maximum absolute atomic E-state index is 9.51. The van der Waals surface area contributed by atoms with E-state index in [-0.39, 0.29) is 11.7 Å². The van der Waals surface area contributed by atoms with Crippen LogP contribution in [-0.2, 0) is 0 Å². The first-order valence-corrected chi connectivity index (χ1v) is 5.55. The van der Waals surface area contributed by atoms with Crippen LogP contribution in [0.4, 0.5) is 0 Å². The van der Waals surface area contributed by atoms with Gasteiger partial charge in [0.15, 0.2) is 0 Å². The van der Waals surface area contributed by atoms with Crippen LogP contribution >= 0.6 is 0 Å². The molecule has 84 valence electrons. The van der Waals surface area contributed by atoms with Crippen molar-refractivity contribution in [3.05, 3.63) is 64.8 Å². The molecular formula is C15H12O2. The number of hydrogen-bond acceptors (Lipinski definition) is 2. The molecule has 0 spiro atoms. The molecule has 0 aromatic heterocycles. The SMILES string of the molecule is OC1=CC2C=CC=c3cc(O)ccc3=C2C=C1. The van der Waals surface area contributed by atoms with Gasteiger partial charge in [-0.2, -0.15) is 0 Å². The van der Waals surface area contributed by atoms with Crippen molar-refractivity contribution in [1.82, 2.24) is 0 Å². The van der Waals surface area contributed by atoms with Crippen molar-refractivity contribution < 1.29 is 10.2 Å². The van der Waals surface area contributed by atoms with E-state index in [4.69, 9.17) is 0 Å². The number of phenolic OH excluding ortho intramolecular Hbond substituents is 1. The summed E-state index contributed by atoms with van der Waals surface area (Å²) >= 11 is 0. The first-order valence-electron chi connectivity index (χ1n) is 5.55. The maximum atomic E-state index is 9.51. The van der Waals surface area contributed by atoms with Crippen LogP contribution < -0.4 is 10.4 Å². The lowest BCUT2D eigenvalue weighted by Crippen LogP contribution is -2.27. The van der Waals surface area contributed by atoms with Crippen LogP contribution in [0.5, 0.6) is 5.75 Å². The number of aliphatic hydroxyl groups excluding tert-OH is 1. The Kier molecular flexibility index (Phi) is 2.15. The van der Waals surface area contributed by atoms with Crippen molar-refractivity contribution in [3.63, 3.8) is 0 Å². The van der Waals surface area contributed by atoms with E-state index in [1.54, 1.807) is 18.2 Å². The van der Waals surface area contributed by atoms with Crippen LogP contribution in [0.15, 0.2) is 54.3 Å². The van der Waals surface area contributed by atoms with E-state index in [1.807, 2.05) is 36.4 Å². The summed E-state index contributed by atoms with van der Waals surface area (Å²) in [5, 5.41) is 21.1. The van der Waals surface area contributed by atoms with Gasteiger partial charge in [0.1, 0.15) is 11.5 Å². The third kappa shape index (κ3) is 1.68. The van der Waals surface area contributed by atoms with Crippen molar-refractivity contribution in [2.24, 2.45) is 5.92 Å². The van der Waals surface area contributed by atoms with Gasteiger partial charge in [-0.05, 0) is 40.3 Å². The second-order valence-electron chi connectivity index (χ2n) is 4.23. The Morgan fingerprint density at radius 2 is 1.94 bits per heavy atom. The molecule has 0 saturated heterocycles. The van der Waals surface area contributed by atoms with Gasteiger partial charge in [-0.25, -0.2) is 0 Å². The fourth-order valence-corrected chi connectivity index (χ4v) is 2.27. The van der Waals surface area contributed by atoms with Crippen LogP contribution in [0.3, 0.4) is 0 Å². The van der Waals surface area contributed by atoms with Gasteiger partial charge in [0, 0.05) is 5.92 Å². The minimum Gasteiger partial charge on any atom is -0.508 e. The van der Waals surface area contributed by atoms with Crippen molar-refractivity contribution in [2.45, 2.75) is 0 Å². The molecule has 0 fully saturated rings. The summed E-state index contributed by atoms with van der Waals surface area (Å²) in [5.41, 5.74) is 1.14. The standard InChI is InChI=1S/C15H12O2/c16-12-4-6-14-10(8-12)2-1-3-11-9-13(17)5-7-15(11)14/h1-10,16-17H. The Bertz CT molecular complexity index is 675. The van der Waals surface area contributed by atoms with Gasteiger partial charge in [-0.15, -0.1) is 0 Å². The predicted octanol–water partition coefficient (Wildman–Crippen LogP) is 1.52. The number of phenols is 1. The molecule has 3 rings (SSSR count). The minimum atomic E-state index is 0.0991. The molecule has 0 aliphatic heterocycles. The quantitative estimate of drug-likeness (QED) is 0.701. The van der Waals surface area contributed by atoms with E-state index in [0.29, 0.717) is 5.76 Å². The molecule has 0 radical (unpaired) electrons.